The Morgan fingerprint density at radius 1 is 0.964 bits per heavy atom. The lowest BCUT2D eigenvalue weighted by Crippen LogP contribution is -2.40. The SMILES string of the molecule is OCC(O)C1CCN(c2nnnn2Cc2ccc(-c3ccccc3)cc2)CC1. The highest BCUT2D eigenvalue weighted by atomic mass is 16.3. The summed E-state index contributed by atoms with van der Waals surface area (Å²) < 4.78 is 1.82. The molecule has 1 fully saturated rings. The van der Waals surface area contributed by atoms with Crippen LogP contribution in [0.1, 0.15) is 18.4 Å². The fraction of sp³-hybridized carbons (Fsp3) is 0.381. The third-order valence-corrected chi connectivity index (χ3v) is 5.46. The molecule has 4 rings (SSSR count). The fourth-order valence-corrected chi connectivity index (χ4v) is 3.77. The van der Waals surface area contributed by atoms with Gasteiger partial charge in [0, 0.05) is 13.1 Å². The van der Waals surface area contributed by atoms with E-state index in [1.54, 1.807) is 0 Å². The Bertz CT molecular complexity index is 873. The Hall–Kier alpha value is -2.77. The first kappa shape index (κ1) is 18.6. The molecule has 7 heteroatoms. The number of nitrogens with zero attached hydrogens (tertiary/aromatic N) is 5. The first-order chi connectivity index (χ1) is 13.7. The molecule has 1 unspecified atom stereocenters. The second kappa shape index (κ2) is 8.50. The Labute approximate surface area is 164 Å². The van der Waals surface area contributed by atoms with E-state index in [-0.39, 0.29) is 12.5 Å². The first-order valence-corrected chi connectivity index (χ1v) is 9.69. The van der Waals surface area contributed by atoms with Crippen molar-refractivity contribution in [1.82, 2.24) is 20.2 Å². The average molecular weight is 379 g/mol. The average Bonchev–Trinajstić information content (AvgIpc) is 3.22. The fourth-order valence-electron chi connectivity index (χ4n) is 3.77. The molecule has 0 saturated carbocycles. The molecule has 146 valence electrons. The van der Waals surface area contributed by atoms with Crippen LogP contribution in [0.3, 0.4) is 0 Å². The highest BCUT2D eigenvalue weighted by Gasteiger charge is 2.27. The Kier molecular flexibility index (Phi) is 5.64. The van der Waals surface area contributed by atoms with Gasteiger partial charge in [0.15, 0.2) is 0 Å². The molecular weight excluding hydrogens is 354 g/mol. The van der Waals surface area contributed by atoms with Gasteiger partial charge in [0.05, 0.1) is 19.3 Å². The van der Waals surface area contributed by atoms with E-state index in [4.69, 9.17) is 5.11 Å². The summed E-state index contributed by atoms with van der Waals surface area (Å²) in [4.78, 5) is 2.15. The predicted octanol–water partition coefficient (Wildman–Crippen LogP) is 1.96. The monoisotopic (exact) mass is 379 g/mol. The molecule has 1 aromatic heterocycles. The minimum absolute atomic E-state index is 0.135. The number of benzene rings is 2. The van der Waals surface area contributed by atoms with Gasteiger partial charge in [-0.2, -0.15) is 0 Å². The molecule has 2 heterocycles. The van der Waals surface area contributed by atoms with Gasteiger partial charge >= 0.3 is 0 Å². The quantitative estimate of drug-likeness (QED) is 0.681. The van der Waals surface area contributed by atoms with Crippen LogP contribution in [0, 0.1) is 5.92 Å². The molecule has 1 saturated heterocycles. The minimum Gasteiger partial charge on any atom is -0.394 e. The molecule has 1 atom stereocenters. The van der Waals surface area contributed by atoms with E-state index in [9.17, 15) is 5.11 Å². The molecule has 1 aliphatic rings. The molecule has 0 bridgehead atoms. The summed E-state index contributed by atoms with van der Waals surface area (Å²) in [7, 11) is 0. The molecule has 0 aliphatic carbocycles. The van der Waals surface area contributed by atoms with Crippen molar-refractivity contribution in [3.8, 4) is 11.1 Å². The zero-order chi connectivity index (χ0) is 19.3. The number of tetrazole rings is 1. The molecule has 0 spiro atoms. The van der Waals surface area contributed by atoms with Crippen molar-refractivity contribution in [3.05, 3.63) is 60.2 Å². The molecule has 28 heavy (non-hydrogen) atoms. The van der Waals surface area contributed by atoms with Crippen molar-refractivity contribution in [1.29, 1.82) is 0 Å². The maximum absolute atomic E-state index is 9.84. The van der Waals surface area contributed by atoms with Crippen molar-refractivity contribution in [2.24, 2.45) is 5.92 Å². The highest BCUT2D eigenvalue weighted by molar-refractivity contribution is 5.63. The van der Waals surface area contributed by atoms with Crippen LogP contribution in [-0.4, -0.2) is 56.2 Å². The van der Waals surface area contributed by atoms with Gasteiger partial charge < -0.3 is 15.1 Å². The molecule has 2 aromatic carbocycles. The Morgan fingerprint density at radius 2 is 1.64 bits per heavy atom. The van der Waals surface area contributed by atoms with E-state index >= 15 is 0 Å². The standard InChI is InChI=1S/C21H25N5O2/c27-15-20(28)19-10-12-25(13-11-19)21-22-23-24-26(21)14-16-6-8-18(9-7-16)17-4-2-1-3-5-17/h1-9,19-20,27-28H,10-15H2. The molecule has 1 aliphatic heterocycles. The molecule has 0 radical (unpaired) electrons. The van der Waals surface area contributed by atoms with Crippen LogP contribution in [0.2, 0.25) is 0 Å². The minimum atomic E-state index is -0.638. The smallest absolute Gasteiger partial charge is 0.245 e. The van der Waals surface area contributed by atoms with Crippen molar-refractivity contribution < 1.29 is 10.2 Å². The first-order valence-electron chi connectivity index (χ1n) is 9.69. The van der Waals surface area contributed by atoms with E-state index in [1.807, 2.05) is 22.9 Å². The number of aliphatic hydroxyl groups excluding tert-OH is 2. The van der Waals surface area contributed by atoms with Gasteiger partial charge in [-0.15, -0.1) is 0 Å². The summed E-state index contributed by atoms with van der Waals surface area (Å²) in [6, 6.07) is 18.8. The van der Waals surface area contributed by atoms with Gasteiger partial charge in [-0.05, 0) is 45.9 Å². The molecular formula is C21H25N5O2. The van der Waals surface area contributed by atoms with Gasteiger partial charge in [-0.25, -0.2) is 4.68 Å². The molecule has 3 aromatic rings. The molecule has 7 nitrogen and oxygen atoms in total. The third-order valence-electron chi connectivity index (χ3n) is 5.46. The van der Waals surface area contributed by atoms with Crippen LogP contribution in [0.15, 0.2) is 54.6 Å². The van der Waals surface area contributed by atoms with E-state index < -0.39 is 6.10 Å². The van der Waals surface area contributed by atoms with Crippen molar-refractivity contribution in [2.45, 2.75) is 25.5 Å². The molecule has 2 N–H and O–H groups in total. The van der Waals surface area contributed by atoms with Crippen LogP contribution < -0.4 is 4.90 Å². The summed E-state index contributed by atoms with van der Waals surface area (Å²) in [5, 5.41) is 31.2. The number of piperidine rings is 1. The second-order valence-electron chi connectivity index (χ2n) is 7.27. The second-order valence-corrected chi connectivity index (χ2v) is 7.27. The zero-order valence-corrected chi connectivity index (χ0v) is 15.7. The van der Waals surface area contributed by atoms with Gasteiger partial charge in [-0.3, -0.25) is 0 Å². The highest BCUT2D eigenvalue weighted by Crippen LogP contribution is 2.24. The normalized spacial score (nSPS) is 16.3. The van der Waals surface area contributed by atoms with Crippen LogP contribution in [0.25, 0.3) is 11.1 Å². The van der Waals surface area contributed by atoms with E-state index in [2.05, 4.69) is 56.8 Å². The van der Waals surface area contributed by atoms with Gasteiger partial charge in [-0.1, -0.05) is 59.7 Å². The Morgan fingerprint density at radius 3 is 2.32 bits per heavy atom. The van der Waals surface area contributed by atoms with Crippen LogP contribution in [-0.2, 0) is 6.54 Å². The van der Waals surface area contributed by atoms with Gasteiger partial charge in [0.25, 0.3) is 0 Å². The van der Waals surface area contributed by atoms with Gasteiger partial charge in [0.1, 0.15) is 0 Å². The maximum Gasteiger partial charge on any atom is 0.245 e. The topological polar surface area (TPSA) is 87.3 Å². The summed E-state index contributed by atoms with van der Waals surface area (Å²) in [6.45, 7) is 1.97. The van der Waals surface area contributed by atoms with Crippen LogP contribution in [0.5, 0.6) is 0 Å². The van der Waals surface area contributed by atoms with Gasteiger partial charge in [0.2, 0.25) is 5.95 Å². The van der Waals surface area contributed by atoms with Crippen molar-refractivity contribution in [2.75, 3.05) is 24.6 Å². The third kappa shape index (κ3) is 4.05. The number of hydrogen-bond acceptors (Lipinski definition) is 6. The molecule has 0 amide bonds. The summed E-state index contributed by atoms with van der Waals surface area (Å²) in [6.07, 6.45) is 1.00. The maximum atomic E-state index is 9.84. The summed E-state index contributed by atoms with van der Waals surface area (Å²) in [5.41, 5.74) is 3.52. The van der Waals surface area contributed by atoms with Crippen LogP contribution in [0.4, 0.5) is 5.95 Å². The lowest BCUT2D eigenvalue weighted by atomic mass is 9.92. The van der Waals surface area contributed by atoms with E-state index in [1.165, 1.54) is 11.1 Å². The number of aliphatic hydroxyl groups is 2. The number of aromatic nitrogens is 4. The largest absolute Gasteiger partial charge is 0.394 e. The lowest BCUT2D eigenvalue weighted by molar-refractivity contribution is 0.0375. The van der Waals surface area contributed by atoms with Crippen molar-refractivity contribution in [3.63, 3.8) is 0 Å². The van der Waals surface area contributed by atoms with Crippen LogP contribution >= 0.6 is 0 Å². The summed E-state index contributed by atoms with van der Waals surface area (Å²) in [5.74, 6) is 0.889. The lowest BCUT2D eigenvalue weighted by Gasteiger charge is -2.33. The Balaban J connectivity index is 1.42. The zero-order valence-electron chi connectivity index (χ0n) is 15.7. The number of rotatable bonds is 6. The number of anilines is 1. The van der Waals surface area contributed by atoms with E-state index in [0.717, 1.165) is 37.4 Å². The number of hydrogen-bond donors (Lipinski definition) is 2. The van der Waals surface area contributed by atoms with E-state index in [0.29, 0.717) is 6.54 Å². The summed E-state index contributed by atoms with van der Waals surface area (Å²) >= 11 is 0. The predicted molar refractivity (Wildman–Crippen MR) is 107 cm³/mol. The van der Waals surface area contributed by atoms with Crippen molar-refractivity contribution >= 4 is 5.95 Å².